The molecule has 0 saturated heterocycles. The molecule has 0 bridgehead atoms. The lowest BCUT2D eigenvalue weighted by Gasteiger charge is -2.06. The first-order valence-electron chi connectivity index (χ1n) is 2.66. The van der Waals surface area contributed by atoms with Crippen LogP contribution < -0.4 is 28.2 Å². The minimum atomic E-state index is -1.25. The van der Waals surface area contributed by atoms with E-state index in [9.17, 15) is 9.90 Å². The highest BCUT2D eigenvalue weighted by molar-refractivity contribution is 7.80. The quantitative estimate of drug-likeness (QED) is 0.371. The maximum absolute atomic E-state index is 9.65. The van der Waals surface area contributed by atoms with E-state index in [0.717, 1.165) is 6.92 Å². The minimum absolute atomic E-state index is 0. The Kier molecular flexibility index (Phi) is 24.0. The molecule has 0 spiro atoms. The number of carbonyl (C=O) groups is 2. The number of carboxylic acids is 2. The Labute approximate surface area is 81.9 Å². The fraction of sp³-hybridized carbons (Fsp3) is 0.600. The molecule has 1 atom stereocenters. The van der Waals surface area contributed by atoms with Crippen molar-refractivity contribution in [2.75, 3.05) is 5.75 Å². The number of quaternary nitrogens is 2. The minimum Gasteiger partial charge on any atom is -0.550 e. The van der Waals surface area contributed by atoms with Gasteiger partial charge >= 0.3 is 0 Å². The van der Waals surface area contributed by atoms with Gasteiger partial charge in [0.1, 0.15) is 0 Å². The van der Waals surface area contributed by atoms with Crippen molar-refractivity contribution < 1.29 is 19.8 Å². The number of aliphatic carboxylic acids is 2. The van der Waals surface area contributed by atoms with Crippen molar-refractivity contribution >= 4 is 24.6 Å². The standard InChI is InChI=1S/C3H7NO2S.C2H4O2.2H3N/c4-2(1-7)3(5)6;1-2(3)4;;/h2,7H,1,4H2,(H,5,6);1H3,(H,3,4);2*1H3/t2-;;;/m0.../s1. The molecule has 0 aliphatic carbocycles. The fourth-order valence-electron chi connectivity index (χ4n) is 0.0745. The summed E-state index contributed by atoms with van der Waals surface area (Å²) in [7, 11) is 0. The molecule has 0 aromatic carbocycles. The van der Waals surface area contributed by atoms with Crippen LogP contribution in [0.5, 0.6) is 0 Å². The highest BCUT2D eigenvalue weighted by Crippen LogP contribution is 1.77. The summed E-state index contributed by atoms with van der Waals surface area (Å²) >= 11 is 3.61. The molecule has 0 amide bonds. The van der Waals surface area contributed by atoms with Gasteiger partial charge in [0.05, 0.1) is 12.0 Å². The second-order valence-corrected chi connectivity index (χ2v) is 1.96. The van der Waals surface area contributed by atoms with Gasteiger partial charge in [0, 0.05) is 11.7 Å². The highest BCUT2D eigenvalue weighted by atomic mass is 32.1. The lowest BCUT2D eigenvalue weighted by Crippen LogP contribution is -2.42. The van der Waals surface area contributed by atoms with Crippen LogP contribution in [0, 0.1) is 0 Å². The Balaban J connectivity index is -0.0000000600. The maximum atomic E-state index is 9.65. The largest absolute Gasteiger partial charge is 0.550 e. The molecule has 0 aromatic rings. The number of thiol groups is 1. The van der Waals surface area contributed by atoms with E-state index < -0.39 is 18.0 Å². The van der Waals surface area contributed by atoms with Crippen molar-refractivity contribution in [3.63, 3.8) is 0 Å². The normalized spacial score (nSPS) is 9.15. The third-order valence-electron chi connectivity index (χ3n) is 0.499. The van der Waals surface area contributed by atoms with Gasteiger partial charge in [0.15, 0.2) is 0 Å². The van der Waals surface area contributed by atoms with Crippen molar-refractivity contribution in [3.05, 3.63) is 0 Å². The predicted octanol–water partition coefficient (Wildman–Crippen LogP) is -2.50. The van der Waals surface area contributed by atoms with Gasteiger partial charge in [-0.15, -0.1) is 0 Å². The summed E-state index contributed by atoms with van der Waals surface area (Å²) in [5.41, 5.74) is 4.88. The summed E-state index contributed by atoms with van der Waals surface area (Å²) in [4.78, 5) is 18.5. The Morgan fingerprint density at radius 2 is 1.62 bits per heavy atom. The number of carboxylic acid groups (broad SMARTS) is 2. The summed E-state index contributed by atoms with van der Waals surface area (Å²) in [5, 5.41) is 18.5. The Morgan fingerprint density at radius 1 is 1.38 bits per heavy atom. The van der Waals surface area contributed by atoms with E-state index in [0.29, 0.717) is 0 Å². The van der Waals surface area contributed by atoms with Crippen LogP contribution in [0.15, 0.2) is 0 Å². The van der Waals surface area contributed by atoms with E-state index in [-0.39, 0.29) is 18.1 Å². The molecule has 10 N–H and O–H groups in total. The van der Waals surface area contributed by atoms with Crippen molar-refractivity contribution in [1.82, 2.24) is 12.3 Å². The molecule has 0 saturated carbocycles. The molecule has 0 unspecified atom stereocenters. The molecule has 0 rings (SSSR count). The molecule has 0 aromatic heterocycles. The first-order chi connectivity index (χ1) is 4.91. The summed E-state index contributed by atoms with van der Waals surface area (Å²) in [6.07, 6.45) is 0. The molecule has 82 valence electrons. The number of hydrogen-bond acceptors (Lipinski definition) is 6. The van der Waals surface area contributed by atoms with Gasteiger partial charge in [0.25, 0.3) is 0 Å². The lowest BCUT2D eigenvalue weighted by atomic mass is 10.4. The predicted molar refractivity (Wildman–Crippen MR) is 49.5 cm³/mol. The number of nitrogens with two attached hydrogens (primary N) is 1. The SMILES string of the molecule is CC(=O)[O-].N[C@@H](CS)C(=O)[O-].[NH4+].[NH4+]. The van der Waals surface area contributed by atoms with Crippen LogP contribution in [0.2, 0.25) is 0 Å². The van der Waals surface area contributed by atoms with E-state index in [4.69, 9.17) is 15.6 Å². The van der Waals surface area contributed by atoms with Crippen molar-refractivity contribution in [3.8, 4) is 0 Å². The first kappa shape index (κ1) is 22.7. The third kappa shape index (κ3) is 35.1. The first-order valence-corrected chi connectivity index (χ1v) is 3.30. The maximum Gasteiger partial charge on any atom is 0.0590 e. The van der Waals surface area contributed by atoms with E-state index >= 15 is 0 Å². The summed E-state index contributed by atoms with van der Waals surface area (Å²) in [5.74, 6) is -2.21. The Morgan fingerprint density at radius 3 is 1.62 bits per heavy atom. The van der Waals surface area contributed by atoms with Crippen molar-refractivity contribution in [1.29, 1.82) is 0 Å². The smallest absolute Gasteiger partial charge is 0.0590 e. The summed E-state index contributed by atoms with van der Waals surface area (Å²) in [6, 6.07) is -0.927. The highest BCUT2D eigenvalue weighted by Gasteiger charge is 1.95. The Bertz CT molecular complexity index is 140. The van der Waals surface area contributed by atoms with Gasteiger partial charge in [-0.05, 0) is 6.92 Å². The van der Waals surface area contributed by atoms with Crippen molar-refractivity contribution in [2.45, 2.75) is 13.0 Å². The molecule has 8 heteroatoms. The zero-order chi connectivity index (χ0) is 9.44. The van der Waals surface area contributed by atoms with Crippen LogP contribution in [-0.4, -0.2) is 23.7 Å². The van der Waals surface area contributed by atoms with Gasteiger partial charge in [-0.2, -0.15) is 12.6 Å². The van der Waals surface area contributed by atoms with Crippen LogP contribution in [-0.2, 0) is 9.59 Å². The lowest BCUT2D eigenvalue weighted by molar-refractivity contribution is -0.307. The third-order valence-corrected chi connectivity index (χ3v) is 0.893. The van der Waals surface area contributed by atoms with Crippen LogP contribution in [0.1, 0.15) is 6.92 Å². The molecular formula is C5H17N3O4S. The van der Waals surface area contributed by atoms with Gasteiger partial charge in [-0.25, -0.2) is 0 Å². The van der Waals surface area contributed by atoms with Crippen LogP contribution in [0.3, 0.4) is 0 Å². The summed E-state index contributed by atoms with van der Waals surface area (Å²) in [6.45, 7) is 0.972. The second kappa shape index (κ2) is 13.7. The molecule has 0 radical (unpaired) electrons. The summed E-state index contributed by atoms with van der Waals surface area (Å²) < 4.78 is 0. The fourth-order valence-corrected chi connectivity index (χ4v) is 0.224. The molecule has 13 heavy (non-hydrogen) atoms. The van der Waals surface area contributed by atoms with E-state index in [1.54, 1.807) is 0 Å². The average molecular weight is 215 g/mol. The number of rotatable bonds is 2. The van der Waals surface area contributed by atoms with Gasteiger partial charge in [-0.3, -0.25) is 0 Å². The molecule has 0 aliphatic heterocycles. The van der Waals surface area contributed by atoms with Crippen LogP contribution >= 0.6 is 12.6 Å². The zero-order valence-electron chi connectivity index (χ0n) is 7.94. The van der Waals surface area contributed by atoms with E-state index in [1.807, 2.05) is 0 Å². The van der Waals surface area contributed by atoms with E-state index in [1.165, 1.54) is 0 Å². The molecule has 7 nitrogen and oxygen atoms in total. The zero-order valence-corrected chi connectivity index (χ0v) is 8.84. The molecule has 0 heterocycles. The Hall–Kier alpha value is -0.830. The molecule has 0 aliphatic rings. The van der Waals surface area contributed by atoms with E-state index in [2.05, 4.69) is 12.6 Å². The monoisotopic (exact) mass is 215 g/mol. The van der Waals surface area contributed by atoms with Gasteiger partial charge in [-0.1, -0.05) is 0 Å². The number of carbonyl (C=O) groups excluding carboxylic acids is 2. The second-order valence-electron chi connectivity index (χ2n) is 1.60. The topological polar surface area (TPSA) is 179 Å². The number of hydrogen-bond donors (Lipinski definition) is 4. The molecular weight excluding hydrogens is 198 g/mol. The van der Waals surface area contributed by atoms with Crippen molar-refractivity contribution in [2.24, 2.45) is 5.73 Å². The van der Waals surface area contributed by atoms with Crippen LogP contribution in [0.25, 0.3) is 0 Å². The average Bonchev–Trinajstić information content (AvgIpc) is 1.85. The molecule has 0 fully saturated rings. The van der Waals surface area contributed by atoms with Crippen LogP contribution in [0.4, 0.5) is 0 Å². The van der Waals surface area contributed by atoms with Gasteiger partial charge < -0.3 is 37.8 Å². The van der Waals surface area contributed by atoms with Gasteiger partial charge in [0.2, 0.25) is 0 Å².